The van der Waals surface area contributed by atoms with Crippen LogP contribution in [-0.2, 0) is 0 Å². The summed E-state index contributed by atoms with van der Waals surface area (Å²) in [5, 5.41) is 3.04. The maximum Gasteiger partial charge on any atom is 0.268 e. The highest BCUT2D eigenvalue weighted by molar-refractivity contribution is 5.93. The van der Waals surface area contributed by atoms with Crippen LogP contribution in [-0.4, -0.2) is 46.5 Å². The molecule has 2 aromatic rings. The van der Waals surface area contributed by atoms with Crippen LogP contribution in [0.5, 0.6) is 0 Å². The van der Waals surface area contributed by atoms with E-state index in [4.69, 9.17) is 0 Å². The quantitative estimate of drug-likeness (QED) is 0.888. The van der Waals surface area contributed by atoms with Crippen LogP contribution in [0.25, 0.3) is 5.69 Å². The zero-order chi connectivity index (χ0) is 16.8. The van der Waals surface area contributed by atoms with Gasteiger partial charge in [-0.2, -0.15) is 0 Å². The van der Waals surface area contributed by atoms with Gasteiger partial charge in [-0.3, -0.25) is 9.78 Å². The Labute approximate surface area is 143 Å². The lowest BCUT2D eigenvalue weighted by molar-refractivity contribution is 0.0938. The first-order valence-electron chi connectivity index (χ1n) is 8.82. The molecular formula is C19H26N4O. The molecule has 0 radical (unpaired) electrons. The molecule has 0 spiro atoms. The number of nitrogens with zero attached hydrogens (tertiary/aromatic N) is 3. The van der Waals surface area contributed by atoms with Gasteiger partial charge in [-0.05, 0) is 44.2 Å². The fourth-order valence-electron chi connectivity index (χ4n) is 3.43. The third kappa shape index (κ3) is 4.03. The largest absolute Gasteiger partial charge is 0.349 e. The molecule has 1 N–H and O–H groups in total. The van der Waals surface area contributed by atoms with Crippen molar-refractivity contribution in [1.82, 2.24) is 19.8 Å². The van der Waals surface area contributed by atoms with Crippen molar-refractivity contribution in [2.24, 2.45) is 0 Å². The van der Waals surface area contributed by atoms with Crippen molar-refractivity contribution in [3.05, 3.63) is 48.5 Å². The number of hydrogen-bond acceptors (Lipinski definition) is 3. The zero-order valence-electron chi connectivity index (χ0n) is 14.3. The average molecular weight is 326 g/mol. The molecule has 1 aliphatic carbocycles. The summed E-state index contributed by atoms with van der Waals surface area (Å²) in [5.41, 5.74) is 1.54. The maximum absolute atomic E-state index is 12.5. The van der Waals surface area contributed by atoms with Gasteiger partial charge in [0.15, 0.2) is 0 Å². The van der Waals surface area contributed by atoms with E-state index in [2.05, 4.69) is 22.2 Å². The molecule has 5 nitrogen and oxygen atoms in total. The van der Waals surface area contributed by atoms with Gasteiger partial charge >= 0.3 is 0 Å². The summed E-state index contributed by atoms with van der Waals surface area (Å²) in [6.07, 6.45) is 12.0. The number of pyridine rings is 1. The van der Waals surface area contributed by atoms with Crippen LogP contribution < -0.4 is 5.32 Å². The molecule has 1 aliphatic rings. The Hall–Kier alpha value is -2.14. The number of nitrogens with one attached hydrogen (secondary N) is 1. The smallest absolute Gasteiger partial charge is 0.268 e. The van der Waals surface area contributed by atoms with E-state index < -0.39 is 0 Å². The molecule has 0 saturated heterocycles. The van der Waals surface area contributed by atoms with Gasteiger partial charge in [0.05, 0.1) is 11.9 Å². The molecule has 0 aliphatic heterocycles. The van der Waals surface area contributed by atoms with Crippen molar-refractivity contribution in [1.29, 1.82) is 0 Å². The van der Waals surface area contributed by atoms with E-state index in [1.807, 2.05) is 35.0 Å². The van der Waals surface area contributed by atoms with Crippen LogP contribution >= 0.6 is 0 Å². The third-order valence-electron chi connectivity index (χ3n) is 4.85. The fourth-order valence-corrected chi connectivity index (χ4v) is 3.43. The normalized spacial score (nSPS) is 15.6. The Morgan fingerprint density at radius 2 is 2.12 bits per heavy atom. The maximum atomic E-state index is 12.5. The highest BCUT2D eigenvalue weighted by Gasteiger charge is 2.18. The van der Waals surface area contributed by atoms with Crippen molar-refractivity contribution in [2.45, 2.75) is 38.1 Å². The van der Waals surface area contributed by atoms with Crippen molar-refractivity contribution in [3.8, 4) is 5.69 Å². The first kappa shape index (κ1) is 16.7. The summed E-state index contributed by atoms with van der Waals surface area (Å²) in [6, 6.07) is 8.22. The molecule has 128 valence electrons. The lowest BCUT2D eigenvalue weighted by Gasteiger charge is -2.31. The summed E-state index contributed by atoms with van der Waals surface area (Å²) in [4.78, 5) is 19.0. The predicted molar refractivity (Wildman–Crippen MR) is 95.4 cm³/mol. The van der Waals surface area contributed by atoms with Crippen LogP contribution in [0.1, 0.15) is 42.6 Å². The second kappa shape index (κ2) is 8.11. The second-order valence-electron chi connectivity index (χ2n) is 6.50. The van der Waals surface area contributed by atoms with E-state index in [1.54, 1.807) is 12.4 Å². The van der Waals surface area contributed by atoms with Crippen molar-refractivity contribution in [2.75, 3.05) is 20.1 Å². The molecule has 3 rings (SSSR count). The summed E-state index contributed by atoms with van der Waals surface area (Å²) >= 11 is 0. The van der Waals surface area contributed by atoms with Crippen LogP contribution in [0, 0.1) is 0 Å². The molecule has 2 heterocycles. The van der Waals surface area contributed by atoms with Gasteiger partial charge in [0, 0.05) is 31.5 Å². The van der Waals surface area contributed by atoms with E-state index in [1.165, 1.54) is 32.1 Å². The molecule has 1 amide bonds. The minimum absolute atomic E-state index is 0.0408. The van der Waals surface area contributed by atoms with Gasteiger partial charge in [0.25, 0.3) is 5.91 Å². The van der Waals surface area contributed by atoms with Crippen LogP contribution in [0.15, 0.2) is 42.9 Å². The number of amides is 1. The first-order valence-corrected chi connectivity index (χ1v) is 8.82. The minimum atomic E-state index is -0.0408. The molecule has 2 aromatic heterocycles. The van der Waals surface area contributed by atoms with Gasteiger partial charge < -0.3 is 14.8 Å². The van der Waals surface area contributed by atoms with E-state index in [-0.39, 0.29) is 5.91 Å². The zero-order valence-corrected chi connectivity index (χ0v) is 14.3. The average Bonchev–Trinajstić information content (AvgIpc) is 3.13. The molecule has 5 heteroatoms. The Balaban J connectivity index is 1.53. The number of likely N-dealkylation sites (N-methyl/N-ethyl adjacent to an activating group) is 1. The predicted octanol–water partition coefficient (Wildman–Crippen LogP) is 2.87. The molecule has 0 aromatic carbocycles. The highest BCUT2D eigenvalue weighted by atomic mass is 16.1. The van der Waals surface area contributed by atoms with E-state index in [0.717, 1.165) is 12.2 Å². The highest BCUT2D eigenvalue weighted by Crippen LogP contribution is 2.21. The molecule has 0 unspecified atom stereocenters. The Bertz CT molecular complexity index is 646. The minimum Gasteiger partial charge on any atom is -0.349 e. The first-order chi connectivity index (χ1) is 11.8. The Morgan fingerprint density at radius 1 is 1.29 bits per heavy atom. The summed E-state index contributed by atoms with van der Waals surface area (Å²) < 4.78 is 1.87. The van der Waals surface area contributed by atoms with Gasteiger partial charge in [-0.1, -0.05) is 19.3 Å². The number of carbonyl (C=O) groups is 1. The second-order valence-corrected chi connectivity index (χ2v) is 6.50. The number of rotatable bonds is 6. The summed E-state index contributed by atoms with van der Waals surface area (Å²) in [7, 11) is 2.17. The van der Waals surface area contributed by atoms with Crippen molar-refractivity contribution < 1.29 is 4.79 Å². The lowest BCUT2D eigenvalue weighted by Crippen LogP contribution is -2.39. The van der Waals surface area contributed by atoms with Gasteiger partial charge in [0.2, 0.25) is 0 Å². The van der Waals surface area contributed by atoms with Gasteiger partial charge in [-0.25, -0.2) is 0 Å². The molecule has 24 heavy (non-hydrogen) atoms. The van der Waals surface area contributed by atoms with Crippen molar-refractivity contribution >= 4 is 5.91 Å². The lowest BCUT2D eigenvalue weighted by atomic mass is 9.94. The summed E-state index contributed by atoms with van der Waals surface area (Å²) in [5.74, 6) is -0.0408. The van der Waals surface area contributed by atoms with Crippen LogP contribution in [0.3, 0.4) is 0 Å². The number of hydrogen-bond donors (Lipinski definition) is 1. The van der Waals surface area contributed by atoms with E-state index in [0.29, 0.717) is 18.3 Å². The molecular weight excluding hydrogens is 300 g/mol. The fraction of sp³-hybridized carbons (Fsp3) is 0.474. The SMILES string of the molecule is CN(CCNC(=O)c1cccn1-c1cccnc1)C1CCCCC1. The van der Waals surface area contributed by atoms with E-state index in [9.17, 15) is 4.79 Å². The molecule has 0 bridgehead atoms. The van der Waals surface area contributed by atoms with Gasteiger partial charge in [0.1, 0.15) is 5.69 Å². The monoisotopic (exact) mass is 326 g/mol. The standard InChI is InChI=1S/C19H26N4O/c1-22(16-7-3-2-4-8-16)14-12-21-19(24)18-10-6-13-23(18)17-9-5-11-20-15-17/h5-6,9-11,13,15-16H,2-4,7-8,12,14H2,1H3,(H,21,24). The van der Waals surface area contributed by atoms with Crippen LogP contribution in [0.2, 0.25) is 0 Å². The van der Waals surface area contributed by atoms with Crippen LogP contribution in [0.4, 0.5) is 0 Å². The summed E-state index contributed by atoms with van der Waals surface area (Å²) in [6.45, 7) is 1.56. The number of aromatic nitrogens is 2. The van der Waals surface area contributed by atoms with E-state index >= 15 is 0 Å². The third-order valence-corrected chi connectivity index (χ3v) is 4.85. The Morgan fingerprint density at radius 3 is 2.88 bits per heavy atom. The molecule has 0 atom stereocenters. The number of carbonyl (C=O) groups excluding carboxylic acids is 1. The molecule has 1 fully saturated rings. The Kier molecular flexibility index (Phi) is 5.64. The topological polar surface area (TPSA) is 50.2 Å². The van der Waals surface area contributed by atoms with Crippen molar-refractivity contribution in [3.63, 3.8) is 0 Å². The molecule has 1 saturated carbocycles. The van der Waals surface area contributed by atoms with Gasteiger partial charge in [-0.15, -0.1) is 0 Å².